The molecule has 0 fully saturated rings. The number of halogens is 3. The van der Waals surface area contributed by atoms with Gasteiger partial charge >= 0.3 is 12.1 Å². The standard InChI is InChI=1S/C19H18F3NO3/c1-12(18(25)26)17(13-7-3-2-4-8-13)23-16(24)11-14-9-5-6-10-15(14)19(20,21)22/h2-10,12,17H,11H2,1H3,(H,23,24)(H,25,26). The van der Waals surface area contributed by atoms with Crippen molar-refractivity contribution in [2.24, 2.45) is 5.92 Å². The van der Waals surface area contributed by atoms with E-state index in [4.69, 9.17) is 0 Å². The van der Waals surface area contributed by atoms with Crippen molar-refractivity contribution in [1.29, 1.82) is 0 Å². The summed E-state index contributed by atoms with van der Waals surface area (Å²) in [6.45, 7) is 1.43. The second kappa shape index (κ2) is 8.03. The van der Waals surface area contributed by atoms with Crippen LogP contribution in [-0.2, 0) is 22.2 Å². The minimum absolute atomic E-state index is 0.160. The molecule has 2 unspecified atom stereocenters. The summed E-state index contributed by atoms with van der Waals surface area (Å²) in [4.78, 5) is 23.7. The molecule has 138 valence electrons. The Hall–Kier alpha value is -2.83. The van der Waals surface area contributed by atoms with Gasteiger partial charge in [-0.25, -0.2) is 0 Å². The lowest BCUT2D eigenvalue weighted by atomic mass is 9.94. The molecule has 0 saturated carbocycles. The Morgan fingerprint density at radius 2 is 1.62 bits per heavy atom. The number of nitrogens with one attached hydrogen (secondary N) is 1. The van der Waals surface area contributed by atoms with Gasteiger partial charge in [0.25, 0.3) is 0 Å². The van der Waals surface area contributed by atoms with Crippen LogP contribution in [0.2, 0.25) is 0 Å². The maximum atomic E-state index is 13.1. The first-order valence-corrected chi connectivity index (χ1v) is 7.92. The second-order valence-corrected chi connectivity index (χ2v) is 5.91. The van der Waals surface area contributed by atoms with E-state index in [0.29, 0.717) is 5.56 Å². The summed E-state index contributed by atoms with van der Waals surface area (Å²) in [6.07, 6.45) is -5.06. The first kappa shape index (κ1) is 19.5. The molecule has 0 aliphatic rings. The fourth-order valence-electron chi connectivity index (χ4n) is 2.65. The predicted molar refractivity (Wildman–Crippen MR) is 89.3 cm³/mol. The Morgan fingerprint density at radius 1 is 1.04 bits per heavy atom. The van der Waals surface area contributed by atoms with Gasteiger partial charge in [0.1, 0.15) is 0 Å². The van der Waals surface area contributed by atoms with Crippen molar-refractivity contribution >= 4 is 11.9 Å². The molecule has 2 atom stereocenters. The fraction of sp³-hybridized carbons (Fsp3) is 0.263. The molecule has 26 heavy (non-hydrogen) atoms. The zero-order chi connectivity index (χ0) is 19.3. The third kappa shape index (κ3) is 4.84. The number of hydrogen-bond acceptors (Lipinski definition) is 2. The number of carbonyl (C=O) groups excluding carboxylic acids is 1. The van der Waals surface area contributed by atoms with Crippen LogP contribution in [0.25, 0.3) is 0 Å². The van der Waals surface area contributed by atoms with E-state index in [2.05, 4.69) is 5.32 Å². The monoisotopic (exact) mass is 365 g/mol. The van der Waals surface area contributed by atoms with Crippen LogP contribution < -0.4 is 5.32 Å². The predicted octanol–water partition coefficient (Wildman–Crippen LogP) is 3.83. The molecule has 4 nitrogen and oxygen atoms in total. The third-order valence-corrected chi connectivity index (χ3v) is 4.04. The number of alkyl halides is 3. The summed E-state index contributed by atoms with van der Waals surface area (Å²) in [5.74, 6) is -2.74. The highest BCUT2D eigenvalue weighted by atomic mass is 19.4. The Labute approximate surface area is 148 Å². The zero-order valence-corrected chi connectivity index (χ0v) is 14.0. The smallest absolute Gasteiger partial charge is 0.416 e. The molecule has 0 aromatic heterocycles. The molecule has 2 rings (SSSR count). The van der Waals surface area contributed by atoms with E-state index in [-0.39, 0.29) is 5.56 Å². The lowest BCUT2D eigenvalue weighted by Gasteiger charge is -2.23. The van der Waals surface area contributed by atoms with E-state index in [9.17, 15) is 27.9 Å². The van der Waals surface area contributed by atoms with Crippen molar-refractivity contribution in [1.82, 2.24) is 5.32 Å². The molecule has 0 spiro atoms. The zero-order valence-electron chi connectivity index (χ0n) is 14.0. The highest BCUT2D eigenvalue weighted by Gasteiger charge is 2.34. The van der Waals surface area contributed by atoms with Crippen LogP contribution >= 0.6 is 0 Å². The average molecular weight is 365 g/mol. The number of benzene rings is 2. The number of carboxylic acids is 1. The van der Waals surface area contributed by atoms with Crippen LogP contribution in [0.1, 0.15) is 29.7 Å². The van der Waals surface area contributed by atoms with E-state index < -0.39 is 42.0 Å². The maximum Gasteiger partial charge on any atom is 0.416 e. The van der Waals surface area contributed by atoms with Crippen LogP contribution in [0, 0.1) is 5.92 Å². The minimum Gasteiger partial charge on any atom is -0.481 e. The van der Waals surface area contributed by atoms with Gasteiger partial charge in [-0.15, -0.1) is 0 Å². The molecular weight excluding hydrogens is 347 g/mol. The van der Waals surface area contributed by atoms with Gasteiger partial charge in [0.2, 0.25) is 5.91 Å². The molecular formula is C19H18F3NO3. The number of amides is 1. The summed E-state index contributed by atoms with van der Waals surface area (Å²) in [5, 5.41) is 11.8. The Balaban J connectivity index is 2.22. The molecule has 0 aliphatic carbocycles. The van der Waals surface area contributed by atoms with Gasteiger partial charge in [0, 0.05) is 0 Å². The highest BCUT2D eigenvalue weighted by Crippen LogP contribution is 2.32. The van der Waals surface area contributed by atoms with Crippen LogP contribution in [0.4, 0.5) is 13.2 Å². The molecule has 1 amide bonds. The first-order valence-electron chi connectivity index (χ1n) is 7.92. The van der Waals surface area contributed by atoms with E-state index in [0.717, 1.165) is 6.07 Å². The van der Waals surface area contributed by atoms with E-state index >= 15 is 0 Å². The highest BCUT2D eigenvalue weighted by molar-refractivity contribution is 5.80. The summed E-state index contributed by atoms with van der Waals surface area (Å²) in [5.41, 5.74) is -0.468. The molecule has 2 N–H and O–H groups in total. The summed E-state index contributed by atoms with van der Waals surface area (Å²) in [6, 6.07) is 12.4. The first-order chi connectivity index (χ1) is 12.2. The largest absolute Gasteiger partial charge is 0.481 e. The number of hydrogen-bond donors (Lipinski definition) is 2. The molecule has 0 heterocycles. The van der Waals surface area contributed by atoms with E-state index in [1.807, 2.05) is 0 Å². The third-order valence-electron chi connectivity index (χ3n) is 4.04. The van der Waals surface area contributed by atoms with Crippen molar-refractivity contribution in [2.75, 3.05) is 0 Å². The SMILES string of the molecule is CC(C(=O)O)C(NC(=O)Cc1ccccc1C(F)(F)F)c1ccccc1. The topological polar surface area (TPSA) is 66.4 Å². The number of aliphatic carboxylic acids is 1. The van der Waals surface area contributed by atoms with Crippen molar-refractivity contribution in [3.8, 4) is 0 Å². The van der Waals surface area contributed by atoms with Gasteiger partial charge in [-0.05, 0) is 24.1 Å². The average Bonchev–Trinajstić information content (AvgIpc) is 2.59. The van der Waals surface area contributed by atoms with E-state index in [1.165, 1.54) is 25.1 Å². The summed E-state index contributed by atoms with van der Waals surface area (Å²) < 4.78 is 39.2. The lowest BCUT2D eigenvalue weighted by Crippen LogP contribution is -2.36. The molecule has 0 saturated heterocycles. The molecule has 0 radical (unpaired) electrons. The second-order valence-electron chi connectivity index (χ2n) is 5.91. The maximum absolute atomic E-state index is 13.1. The fourth-order valence-corrected chi connectivity index (χ4v) is 2.65. The van der Waals surface area contributed by atoms with Crippen LogP contribution in [0.3, 0.4) is 0 Å². The molecule has 0 aliphatic heterocycles. The van der Waals surface area contributed by atoms with Crippen molar-refractivity contribution in [3.63, 3.8) is 0 Å². The van der Waals surface area contributed by atoms with Crippen molar-refractivity contribution in [3.05, 3.63) is 71.3 Å². The lowest BCUT2D eigenvalue weighted by molar-refractivity contribution is -0.142. The molecule has 2 aromatic rings. The normalized spacial score (nSPS) is 13.7. The van der Waals surface area contributed by atoms with Gasteiger partial charge in [-0.3, -0.25) is 9.59 Å². The van der Waals surface area contributed by atoms with Crippen LogP contribution in [0.5, 0.6) is 0 Å². The Kier molecular flexibility index (Phi) is 6.02. The quantitative estimate of drug-likeness (QED) is 0.818. The Bertz CT molecular complexity index is 775. The minimum atomic E-state index is -4.57. The van der Waals surface area contributed by atoms with Crippen LogP contribution in [0.15, 0.2) is 54.6 Å². The van der Waals surface area contributed by atoms with Gasteiger partial charge < -0.3 is 10.4 Å². The van der Waals surface area contributed by atoms with Crippen molar-refractivity contribution < 1.29 is 27.9 Å². The number of carboxylic acid groups (broad SMARTS) is 1. The van der Waals surface area contributed by atoms with Crippen molar-refractivity contribution in [2.45, 2.75) is 25.6 Å². The van der Waals surface area contributed by atoms with Gasteiger partial charge in [0.05, 0.1) is 23.9 Å². The summed E-state index contributed by atoms with van der Waals surface area (Å²) in [7, 11) is 0. The number of rotatable bonds is 6. The van der Waals surface area contributed by atoms with Gasteiger partial charge in [0.15, 0.2) is 0 Å². The number of carbonyl (C=O) groups is 2. The van der Waals surface area contributed by atoms with Gasteiger partial charge in [-0.1, -0.05) is 48.5 Å². The Morgan fingerprint density at radius 3 is 2.19 bits per heavy atom. The van der Waals surface area contributed by atoms with Crippen LogP contribution in [-0.4, -0.2) is 17.0 Å². The molecule has 7 heteroatoms. The van der Waals surface area contributed by atoms with Gasteiger partial charge in [-0.2, -0.15) is 13.2 Å². The molecule has 2 aromatic carbocycles. The van der Waals surface area contributed by atoms with E-state index in [1.54, 1.807) is 30.3 Å². The summed E-state index contributed by atoms with van der Waals surface area (Å²) >= 11 is 0. The molecule has 0 bridgehead atoms.